The topological polar surface area (TPSA) is 52.5 Å². The summed E-state index contributed by atoms with van der Waals surface area (Å²) < 4.78 is 14.6. The molecule has 1 aliphatic rings. The summed E-state index contributed by atoms with van der Waals surface area (Å²) in [5.41, 5.74) is 3.62. The Kier molecular flexibility index (Phi) is 8.83. The third kappa shape index (κ3) is 6.44. The fraction of sp³-hybridized carbons (Fsp3) is 0.448. The summed E-state index contributed by atoms with van der Waals surface area (Å²) in [6.07, 6.45) is 3.97. The summed E-state index contributed by atoms with van der Waals surface area (Å²) in [6.45, 7) is 8.35. The average molecular weight is 477 g/mol. The van der Waals surface area contributed by atoms with Crippen LogP contribution in [-0.2, 0) is 12.8 Å². The Morgan fingerprint density at radius 1 is 0.943 bits per heavy atom. The molecule has 3 aromatic rings. The molecule has 1 atom stereocenters. The molecule has 0 saturated carbocycles. The van der Waals surface area contributed by atoms with Gasteiger partial charge < -0.3 is 10.0 Å². The molecular weight excluding hydrogens is 439 g/mol. The number of hydrogen-bond acceptors (Lipinski definition) is 5. The van der Waals surface area contributed by atoms with Gasteiger partial charge in [0.25, 0.3) is 0 Å². The minimum Gasteiger partial charge on any atom is -0.392 e. The summed E-state index contributed by atoms with van der Waals surface area (Å²) >= 11 is 0. The molecule has 1 aliphatic heterocycles. The van der Waals surface area contributed by atoms with E-state index in [9.17, 15) is 9.50 Å². The van der Waals surface area contributed by atoms with Gasteiger partial charge in [-0.25, -0.2) is 14.4 Å². The number of nitrogens with zero attached hydrogens (tertiary/aromatic N) is 4. The molecule has 2 aromatic carbocycles. The van der Waals surface area contributed by atoms with Gasteiger partial charge in [-0.05, 0) is 24.5 Å². The van der Waals surface area contributed by atoms with Gasteiger partial charge in [0, 0.05) is 56.0 Å². The number of hydrogen-bond donors (Lipinski definition) is 1. The van der Waals surface area contributed by atoms with E-state index in [2.05, 4.69) is 23.6 Å². The van der Waals surface area contributed by atoms with Crippen LogP contribution in [0.3, 0.4) is 0 Å². The molecule has 35 heavy (non-hydrogen) atoms. The zero-order chi connectivity index (χ0) is 24.6. The van der Waals surface area contributed by atoms with E-state index in [1.165, 1.54) is 6.07 Å². The fourth-order valence-electron chi connectivity index (χ4n) is 4.77. The highest BCUT2D eigenvalue weighted by Gasteiger charge is 2.25. The quantitative estimate of drug-likeness (QED) is 0.441. The van der Waals surface area contributed by atoms with Gasteiger partial charge in [0.1, 0.15) is 11.6 Å². The predicted octanol–water partition coefficient (Wildman–Crippen LogP) is 5.11. The largest absolute Gasteiger partial charge is 0.392 e. The number of piperazine rings is 1. The van der Waals surface area contributed by atoms with Crippen molar-refractivity contribution in [2.24, 2.45) is 0 Å². The minimum absolute atomic E-state index is 0.196. The Morgan fingerprint density at radius 3 is 2.34 bits per heavy atom. The van der Waals surface area contributed by atoms with Crippen LogP contribution in [0.1, 0.15) is 49.9 Å². The van der Waals surface area contributed by atoms with Gasteiger partial charge in [-0.3, -0.25) is 4.90 Å². The Balaban J connectivity index is 1.63. The fourth-order valence-corrected chi connectivity index (χ4v) is 4.77. The lowest BCUT2D eigenvalue weighted by Crippen LogP contribution is -2.49. The van der Waals surface area contributed by atoms with E-state index in [1.807, 2.05) is 42.5 Å². The van der Waals surface area contributed by atoms with Crippen LogP contribution in [0, 0.1) is 5.82 Å². The van der Waals surface area contributed by atoms with E-state index in [0.717, 1.165) is 81.0 Å². The summed E-state index contributed by atoms with van der Waals surface area (Å²) in [5, 5.41) is 10.4. The monoisotopic (exact) mass is 476 g/mol. The molecule has 0 spiro atoms. The lowest BCUT2D eigenvalue weighted by atomic mass is 10.0. The third-order valence-corrected chi connectivity index (χ3v) is 6.79. The SMILES string of the molecule is CCCC[C@H](O)CN1CCN(c2nc(-c3ccccc3)nc(CC)c2Cc2ccccc2F)CC1. The molecule has 6 heteroatoms. The summed E-state index contributed by atoms with van der Waals surface area (Å²) in [6, 6.07) is 17.0. The molecule has 0 bridgehead atoms. The van der Waals surface area contributed by atoms with Crippen LogP contribution in [0.15, 0.2) is 54.6 Å². The standard InChI is InChI=1S/C29H37FN4O/c1-3-5-14-24(35)21-33-16-18-34(19-17-33)29-25(20-23-13-9-10-15-26(23)30)27(4-2)31-28(32-29)22-11-7-6-8-12-22/h6-13,15,24,35H,3-5,14,16-21H2,1-2H3/t24-/m0/s1. The number of β-amino-alcohol motifs (C(OH)–C–C–N with tert-alkyl or cyclic N) is 1. The molecule has 186 valence electrons. The molecule has 0 unspecified atom stereocenters. The second-order valence-corrected chi connectivity index (χ2v) is 9.37. The highest BCUT2D eigenvalue weighted by Crippen LogP contribution is 2.29. The zero-order valence-electron chi connectivity index (χ0n) is 21.0. The average Bonchev–Trinajstić information content (AvgIpc) is 2.89. The van der Waals surface area contributed by atoms with Gasteiger partial charge in [-0.2, -0.15) is 0 Å². The van der Waals surface area contributed by atoms with Crippen molar-refractivity contribution in [3.63, 3.8) is 0 Å². The summed E-state index contributed by atoms with van der Waals surface area (Å²) in [7, 11) is 0. The number of aryl methyl sites for hydroxylation is 1. The zero-order valence-corrected chi connectivity index (χ0v) is 21.0. The lowest BCUT2D eigenvalue weighted by molar-refractivity contribution is 0.100. The first-order valence-electron chi connectivity index (χ1n) is 12.9. The van der Waals surface area contributed by atoms with Gasteiger partial charge in [-0.15, -0.1) is 0 Å². The summed E-state index contributed by atoms with van der Waals surface area (Å²) in [5.74, 6) is 1.43. The van der Waals surface area contributed by atoms with Crippen molar-refractivity contribution in [1.82, 2.24) is 14.9 Å². The van der Waals surface area contributed by atoms with Gasteiger partial charge in [0.05, 0.1) is 6.10 Å². The third-order valence-electron chi connectivity index (χ3n) is 6.79. The number of aliphatic hydroxyl groups excluding tert-OH is 1. The second-order valence-electron chi connectivity index (χ2n) is 9.37. The number of aliphatic hydroxyl groups is 1. The Labute approximate surface area is 208 Å². The van der Waals surface area contributed by atoms with E-state index in [1.54, 1.807) is 6.07 Å². The molecule has 1 N–H and O–H groups in total. The first kappa shape index (κ1) is 25.3. The van der Waals surface area contributed by atoms with Crippen molar-refractivity contribution in [2.75, 3.05) is 37.6 Å². The van der Waals surface area contributed by atoms with Crippen molar-refractivity contribution in [3.05, 3.63) is 77.2 Å². The number of anilines is 1. The van der Waals surface area contributed by atoms with Gasteiger partial charge >= 0.3 is 0 Å². The van der Waals surface area contributed by atoms with E-state index in [-0.39, 0.29) is 11.9 Å². The maximum absolute atomic E-state index is 14.6. The van der Waals surface area contributed by atoms with Crippen molar-refractivity contribution in [3.8, 4) is 11.4 Å². The van der Waals surface area contributed by atoms with Crippen LogP contribution < -0.4 is 4.90 Å². The molecule has 4 rings (SSSR count). The number of benzene rings is 2. The predicted molar refractivity (Wildman–Crippen MR) is 140 cm³/mol. The van der Waals surface area contributed by atoms with E-state index in [4.69, 9.17) is 9.97 Å². The first-order valence-corrected chi connectivity index (χ1v) is 12.9. The normalized spacial score (nSPS) is 15.4. The van der Waals surface area contributed by atoms with Crippen LogP contribution in [0.5, 0.6) is 0 Å². The van der Waals surface area contributed by atoms with Gasteiger partial charge in [-0.1, -0.05) is 75.2 Å². The van der Waals surface area contributed by atoms with Crippen molar-refractivity contribution in [1.29, 1.82) is 0 Å². The summed E-state index contributed by atoms with van der Waals surface area (Å²) in [4.78, 5) is 14.6. The van der Waals surface area contributed by atoms with E-state index in [0.29, 0.717) is 17.8 Å². The van der Waals surface area contributed by atoms with E-state index >= 15 is 0 Å². The molecule has 0 aliphatic carbocycles. The number of unbranched alkanes of at least 4 members (excludes halogenated alkanes) is 1. The molecule has 1 aromatic heterocycles. The maximum atomic E-state index is 14.6. The van der Waals surface area contributed by atoms with Crippen molar-refractivity contribution in [2.45, 2.75) is 52.1 Å². The van der Waals surface area contributed by atoms with Crippen LogP contribution in [0.2, 0.25) is 0 Å². The smallest absolute Gasteiger partial charge is 0.161 e. The number of halogens is 1. The van der Waals surface area contributed by atoms with Gasteiger partial charge in [0.2, 0.25) is 0 Å². The Morgan fingerprint density at radius 2 is 1.66 bits per heavy atom. The molecule has 1 fully saturated rings. The van der Waals surface area contributed by atoms with Gasteiger partial charge in [0.15, 0.2) is 5.82 Å². The molecular formula is C29H37FN4O. The number of rotatable bonds is 10. The van der Waals surface area contributed by atoms with E-state index < -0.39 is 0 Å². The highest BCUT2D eigenvalue weighted by atomic mass is 19.1. The minimum atomic E-state index is -0.270. The molecule has 0 amide bonds. The highest BCUT2D eigenvalue weighted by molar-refractivity contribution is 5.61. The van der Waals surface area contributed by atoms with Crippen molar-refractivity contribution < 1.29 is 9.50 Å². The molecule has 5 nitrogen and oxygen atoms in total. The van der Waals surface area contributed by atoms with Crippen LogP contribution in [0.4, 0.5) is 10.2 Å². The van der Waals surface area contributed by atoms with Crippen molar-refractivity contribution >= 4 is 5.82 Å². The molecule has 2 heterocycles. The lowest BCUT2D eigenvalue weighted by Gasteiger charge is -2.37. The first-order chi connectivity index (χ1) is 17.1. The Hall–Kier alpha value is -2.83. The second kappa shape index (κ2) is 12.2. The van der Waals surface area contributed by atoms with Crippen LogP contribution in [0.25, 0.3) is 11.4 Å². The van der Waals surface area contributed by atoms with Crippen LogP contribution in [-0.4, -0.2) is 58.8 Å². The molecule has 1 saturated heterocycles. The Bertz CT molecular complexity index is 1080. The maximum Gasteiger partial charge on any atom is 0.161 e. The van der Waals surface area contributed by atoms with Crippen LogP contribution >= 0.6 is 0 Å². The molecule has 0 radical (unpaired) electrons. The number of aromatic nitrogens is 2.